The number of hydrogen-bond acceptors (Lipinski definition) is 4. The standard InChI is InChI=1S/C26H37N3O3/c1-7-29(8-2)18-17-27-25(31)20-9-13-22(14-10-20)28-24(30)19(3)32-23-15-11-21(12-16-23)26(4,5)6/h9-16,19H,7-8,17-18H2,1-6H3,(H,27,31)(H,28,30). The summed E-state index contributed by atoms with van der Waals surface area (Å²) >= 11 is 0. The van der Waals surface area contributed by atoms with Crippen molar-refractivity contribution in [2.75, 3.05) is 31.5 Å². The van der Waals surface area contributed by atoms with Crippen LogP contribution in [0.15, 0.2) is 48.5 Å². The Hall–Kier alpha value is -2.86. The lowest BCUT2D eigenvalue weighted by molar-refractivity contribution is -0.122. The van der Waals surface area contributed by atoms with Crippen molar-refractivity contribution < 1.29 is 14.3 Å². The average molecular weight is 440 g/mol. The van der Waals surface area contributed by atoms with Crippen molar-refractivity contribution in [3.05, 3.63) is 59.7 Å². The van der Waals surface area contributed by atoms with Gasteiger partial charge in [0.1, 0.15) is 5.75 Å². The summed E-state index contributed by atoms with van der Waals surface area (Å²) in [6.07, 6.45) is -0.654. The molecule has 2 amide bonds. The summed E-state index contributed by atoms with van der Waals surface area (Å²) in [7, 11) is 0. The third-order valence-corrected chi connectivity index (χ3v) is 5.43. The second-order valence-corrected chi connectivity index (χ2v) is 8.88. The van der Waals surface area contributed by atoms with Crippen molar-refractivity contribution in [2.45, 2.75) is 53.1 Å². The monoisotopic (exact) mass is 439 g/mol. The highest BCUT2D eigenvalue weighted by atomic mass is 16.5. The highest BCUT2D eigenvalue weighted by Crippen LogP contribution is 2.24. The molecule has 0 bridgehead atoms. The molecular weight excluding hydrogens is 402 g/mol. The molecule has 0 aliphatic rings. The Morgan fingerprint density at radius 3 is 2.09 bits per heavy atom. The lowest BCUT2D eigenvalue weighted by Crippen LogP contribution is -2.34. The van der Waals surface area contributed by atoms with Gasteiger partial charge in [0.15, 0.2) is 6.10 Å². The predicted octanol–water partition coefficient (Wildman–Crippen LogP) is 4.46. The molecule has 2 aromatic carbocycles. The van der Waals surface area contributed by atoms with E-state index in [1.165, 1.54) is 5.56 Å². The molecule has 0 saturated heterocycles. The molecule has 6 nitrogen and oxygen atoms in total. The zero-order valence-electron chi connectivity index (χ0n) is 20.2. The van der Waals surface area contributed by atoms with E-state index in [0.29, 0.717) is 23.5 Å². The van der Waals surface area contributed by atoms with Crippen molar-refractivity contribution in [3.8, 4) is 5.75 Å². The van der Waals surface area contributed by atoms with Gasteiger partial charge in [-0.1, -0.05) is 46.8 Å². The topological polar surface area (TPSA) is 70.7 Å². The van der Waals surface area contributed by atoms with E-state index in [-0.39, 0.29) is 17.2 Å². The van der Waals surface area contributed by atoms with Crippen LogP contribution in [0.2, 0.25) is 0 Å². The van der Waals surface area contributed by atoms with Gasteiger partial charge < -0.3 is 20.3 Å². The van der Waals surface area contributed by atoms with Crippen LogP contribution in [-0.2, 0) is 10.2 Å². The number of anilines is 1. The van der Waals surface area contributed by atoms with Crippen LogP contribution in [0.4, 0.5) is 5.69 Å². The summed E-state index contributed by atoms with van der Waals surface area (Å²) < 4.78 is 5.78. The second kappa shape index (κ2) is 11.7. The van der Waals surface area contributed by atoms with E-state index in [0.717, 1.165) is 19.6 Å². The second-order valence-electron chi connectivity index (χ2n) is 8.88. The van der Waals surface area contributed by atoms with E-state index < -0.39 is 6.10 Å². The first-order chi connectivity index (χ1) is 15.1. The fraction of sp³-hybridized carbons (Fsp3) is 0.462. The Morgan fingerprint density at radius 2 is 1.56 bits per heavy atom. The van der Waals surface area contributed by atoms with Crippen molar-refractivity contribution in [1.82, 2.24) is 10.2 Å². The van der Waals surface area contributed by atoms with Gasteiger partial charge in [0, 0.05) is 24.3 Å². The number of carbonyl (C=O) groups excluding carboxylic acids is 2. The molecule has 1 atom stereocenters. The van der Waals surface area contributed by atoms with Gasteiger partial charge in [-0.3, -0.25) is 9.59 Å². The SMILES string of the molecule is CCN(CC)CCNC(=O)c1ccc(NC(=O)C(C)Oc2ccc(C(C)(C)C)cc2)cc1. The first-order valence-electron chi connectivity index (χ1n) is 11.3. The van der Waals surface area contributed by atoms with Crippen LogP contribution < -0.4 is 15.4 Å². The number of likely N-dealkylation sites (N-methyl/N-ethyl adjacent to an activating group) is 1. The van der Waals surface area contributed by atoms with Gasteiger partial charge in [-0.2, -0.15) is 0 Å². The fourth-order valence-electron chi connectivity index (χ4n) is 3.21. The molecule has 0 aliphatic carbocycles. The molecule has 2 rings (SSSR count). The van der Waals surface area contributed by atoms with Crippen LogP contribution in [0, 0.1) is 0 Å². The Balaban J connectivity index is 1.85. The van der Waals surface area contributed by atoms with Crippen LogP contribution in [0.5, 0.6) is 5.75 Å². The third-order valence-electron chi connectivity index (χ3n) is 5.43. The number of nitrogens with one attached hydrogen (secondary N) is 2. The Bertz CT molecular complexity index is 867. The Morgan fingerprint density at radius 1 is 0.969 bits per heavy atom. The molecule has 2 aromatic rings. The molecule has 0 spiro atoms. The van der Waals surface area contributed by atoms with Crippen molar-refractivity contribution >= 4 is 17.5 Å². The van der Waals surface area contributed by atoms with Crippen LogP contribution >= 0.6 is 0 Å². The molecule has 0 aliphatic heterocycles. The van der Waals surface area contributed by atoms with E-state index in [2.05, 4.69) is 50.2 Å². The number of hydrogen-bond donors (Lipinski definition) is 2. The third kappa shape index (κ3) is 7.68. The molecule has 174 valence electrons. The van der Waals surface area contributed by atoms with Crippen molar-refractivity contribution in [2.24, 2.45) is 0 Å². The minimum absolute atomic E-state index is 0.0654. The maximum atomic E-state index is 12.5. The average Bonchev–Trinajstić information content (AvgIpc) is 2.76. The summed E-state index contributed by atoms with van der Waals surface area (Å²) in [6.45, 7) is 15.7. The normalized spacial score (nSPS) is 12.3. The van der Waals surface area contributed by atoms with Crippen molar-refractivity contribution in [1.29, 1.82) is 0 Å². The highest BCUT2D eigenvalue weighted by Gasteiger charge is 2.17. The summed E-state index contributed by atoms with van der Waals surface area (Å²) in [5.41, 5.74) is 2.45. The van der Waals surface area contributed by atoms with Crippen LogP contribution in [0.25, 0.3) is 0 Å². The fourth-order valence-corrected chi connectivity index (χ4v) is 3.21. The molecule has 32 heavy (non-hydrogen) atoms. The van der Waals surface area contributed by atoms with Gasteiger partial charge in [-0.25, -0.2) is 0 Å². The van der Waals surface area contributed by atoms with E-state index in [1.807, 2.05) is 24.3 Å². The zero-order valence-corrected chi connectivity index (χ0v) is 20.2. The number of carbonyl (C=O) groups is 2. The molecule has 0 fully saturated rings. The predicted molar refractivity (Wildman–Crippen MR) is 130 cm³/mol. The summed E-state index contributed by atoms with van der Waals surface area (Å²) in [5.74, 6) is 0.282. The van der Waals surface area contributed by atoms with Crippen LogP contribution in [-0.4, -0.2) is 49.0 Å². The Kier molecular flexibility index (Phi) is 9.27. The smallest absolute Gasteiger partial charge is 0.265 e. The van der Waals surface area contributed by atoms with Gasteiger partial charge in [-0.05, 0) is 67.4 Å². The molecule has 0 radical (unpaired) electrons. The largest absolute Gasteiger partial charge is 0.481 e. The van der Waals surface area contributed by atoms with E-state index in [4.69, 9.17) is 4.74 Å². The van der Waals surface area contributed by atoms with Crippen LogP contribution in [0.3, 0.4) is 0 Å². The molecule has 0 heterocycles. The Labute approximate surface area is 192 Å². The number of nitrogens with zero attached hydrogens (tertiary/aromatic N) is 1. The number of ether oxygens (including phenoxy) is 1. The molecule has 1 unspecified atom stereocenters. The van der Waals surface area contributed by atoms with Crippen LogP contribution in [0.1, 0.15) is 57.5 Å². The van der Waals surface area contributed by atoms with Gasteiger partial charge in [0.2, 0.25) is 0 Å². The molecule has 6 heteroatoms. The number of rotatable bonds is 10. The zero-order chi connectivity index (χ0) is 23.7. The summed E-state index contributed by atoms with van der Waals surface area (Å²) in [6, 6.07) is 14.7. The van der Waals surface area contributed by atoms with Gasteiger partial charge in [0.05, 0.1) is 0 Å². The first-order valence-corrected chi connectivity index (χ1v) is 11.3. The highest BCUT2D eigenvalue weighted by molar-refractivity contribution is 5.96. The molecule has 2 N–H and O–H groups in total. The minimum atomic E-state index is -0.654. The van der Waals surface area contributed by atoms with Gasteiger partial charge >= 0.3 is 0 Å². The number of amides is 2. The van der Waals surface area contributed by atoms with E-state index >= 15 is 0 Å². The lowest BCUT2D eigenvalue weighted by Gasteiger charge is -2.20. The molecule has 0 saturated carbocycles. The maximum absolute atomic E-state index is 12.5. The quantitative estimate of drug-likeness (QED) is 0.573. The van der Waals surface area contributed by atoms with E-state index in [1.54, 1.807) is 31.2 Å². The molecular formula is C26H37N3O3. The summed E-state index contributed by atoms with van der Waals surface area (Å²) in [5, 5.41) is 5.76. The maximum Gasteiger partial charge on any atom is 0.265 e. The van der Waals surface area contributed by atoms with E-state index in [9.17, 15) is 9.59 Å². The first kappa shape index (κ1) is 25.4. The number of benzene rings is 2. The van der Waals surface area contributed by atoms with Gasteiger partial charge in [0.25, 0.3) is 11.8 Å². The lowest BCUT2D eigenvalue weighted by atomic mass is 9.87. The minimum Gasteiger partial charge on any atom is -0.481 e. The molecule has 0 aromatic heterocycles. The van der Waals surface area contributed by atoms with Gasteiger partial charge in [-0.15, -0.1) is 0 Å². The summed E-state index contributed by atoms with van der Waals surface area (Å²) in [4.78, 5) is 27.1. The van der Waals surface area contributed by atoms with Crippen molar-refractivity contribution in [3.63, 3.8) is 0 Å².